The molecule has 3 nitrogen and oxygen atoms in total. The zero-order valence-electron chi connectivity index (χ0n) is 10.0. The number of halogens is 2. The van der Waals surface area contributed by atoms with E-state index in [1.54, 1.807) is 0 Å². The van der Waals surface area contributed by atoms with Gasteiger partial charge < -0.3 is 4.74 Å². The molecule has 0 N–H and O–H groups in total. The van der Waals surface area contributed by atoms with Crippen molar-refractivity contribution >= 4 is 27.5 Å². The maximum absolute atomic E-state index is 5.98. The molecule has 0 atom stereocenters. The molecule has 0 unspecified atom stereocenters. The largest absolute Gasteiger partial charge is 0.437 e. The quantitative estimate of drug-likeness (QED) is 0.811. The fourth-order valence-corrected chi connectivity index (χ4v) is 2.07. The number of aromatic nitrogens is 2. The van der Waals surface area contributed by atoms with Gasteiger partial charge in [0.1, 0.15) is 17.1 Å². The average molecular weight is 328 g/mol. The van der Waals surface area contributed by atoms with Gasteiger partial charge in [-0.05, 0) is 29.7 Å². The summed E-state index contributed by atoms with van der Waals surface area (Å²) in [6, 6.07) is 5.86. The summed E-state index contributed by atoms with van der Waals surface area (Å²) in [5, 5.41) is 0.398. The van der Waals surface area contributed by atoms with Gasteiger partial charge in [-0.2, -0.15) is 0 Å². The summed E-state index contributed by atoms with van der Waals surface area (Å²) in [6.07, 6.45) is 2.92. The predicted molar refractivity (Wildman–Crippen MR) is 75.3 cm³/mol. The Bertz CT molecular complexity index is 560. The van der Waals surface area contributed by atoms with E-state index in [9.17, 15) is 0 Å². The Hall–Kier alpha value is -1.13. The highest BCUT2D eigenvalue weighted by atomic mass is 79.9. The molecule has 2 rings (SSSR count). The molecule has 0 bridgehead atoms. The number of ether oxygens (including phenoxy) is 1. The van der Waals surface area contributed by atoms with Gasteiger partial charge >= 0.3 is 0 Å². The minimum absolute atomic E-state index is 0.345. The van der Waals surface area contributed by atoms with Crippen LogP contribution >= 0.6 is 27.5 Å². The normalized spacial score (nSPS) is 10.7. The first-order valence-corrected chi connectivity index (χ1v) is 6.68. The molecule has 0 saturated heterocycles. The molecule has 0 aliphatic rings. The third kappa shape index (κ3) is 3.00. The molecule has 94 valence electrons. The summed E-state index contributed by atoms with van der Waals surface area (Å²) < 4.78 is 6.77. The van der Waals surface area contributed by atoms with Gasteiger partial charge in [-0.15, -0.1) is 0 Å². The highest BCUT2D eigenvalue weighted by molar-refractivity contribution is 9.10. The van der Waals surface area contributed by atoms with Gasteiger partial charge in [-0.25, -0.2) is 9.97 Å². The highest BCUT2D eigenvalue weighted by Crippen LogP contribution is 2.34. The molecule has 0 aliphatic heterocycles. The fourth-order valence-electron chi connectivity index (χ4n) is 1.54. The second-order valence-corrected chi connectivity index (χ2v) is 5.44. The highest BCUT2D eigenvalue weighted by Gasteiger charge is 2.11. The van der Waals surface area contributed by atoms with Crippen molar-refractivity contribution in [2.45, 2.75) is 19.8 Å². The Morgan fingerprint density at radius 2 is 2.11 bits per heavy atom. The van der Waals surface area contributed by atoms with Crippen LogP contribution in [-0.2, 0) is 0 Å². The van der Waals surface area contributed by atoms with Crippen molar-refractivity contribution in [2.75, 3.05) is 0 Å². The van der Waals surface area contributed by atoms with Crippen LogP contribution in [0.15, 0.2) is 35.2 Å². The average Bonchev–Trinajstić information content (AvgIpc) is 2.34. The van der Waals surface area contributed by atoms with E-state index in [0.29, 0.717) is 16.8 Å². The van der Waals surface area contributed by atoms with Gasteiger partial charge in [0.2, 0.25) is 5.88 Å². The minimum atomic E-state index is 0.345. The second-order valence-electron chi connectivity index (χ2n) is 4.11. The molecule has 18 heavy (non-hydrogen) atoms. The Morgan fingerprint density at radius 1 is 1.33 bits per heavy atom. The van der Waals surface area contributed by atoms with Crippen molar-refractivity contribution in [3.8, 4) is 11.6 Å². The lowest BCUT2D eigenvalue weighted by molar-refractivity contribution is 0.453. The lowest BCUT2D eigenvalue weighted by atomic mass is 10.0. The van der Waals surface area contributed by atoms with E-state index in [4.69, 9.17) is 16.3 Å². The van der Waals surface area contributed by atoms with Gasteiger partial charge in [-0.1, -0.05) is 41.4 Å². The molecule has 1 aromatic heterocycles. The summed E-state index contributed by atoms with van der Waals surface area (Å²) in [5.74, 6) is 1.47. The van der Waals surface area contributed by atoms with Crippen LogP contribution < -0.4 is 4.74 Å². The summed E-state index contributed by atoms with van der Waals surface area (Å²) in [7, 11) is 0. The first kappa shape index (κ1) is 13.3. The summed E-state index contributed by atoms with van der Waals surface area (Å²) in [4.78, 5) is 7.85. The summed E-state index contributed by atoms with van der Waals surface area (Å²) in [6.45, 7) is 4.21. The SMILES string of the molecule is CC(C)c1cc(Br)ccc1Oc1ncncc1Cl. The van der Waals surface area contributed by atoms with E-state index in [2.05, 4.69) is 39.7 Å². The van der Waals surface area contributed by atoms with E-state index < -0.39 is 0 Å². The van der Waals surface area contributed by atoms with Crippen molar-refractivity contribution in [1.29, 1.82) is 0 Å². The molecular formula is C13H12BrClN2O. The predicted octanol–water partition coefficient (Wildman–Crippen LogP) is 4.81. The maximum Gasteiger partial charge on any atom is 0.241 e. The Labute approximate surface area is 119 Å². The second kappa shape index (κ2) is 5.67. The Balaban J connectivity index is 2.37. The number of hydrogen-bond donors (Lipinski definition) is 0. The van der Waals surface area contributed by atoms with Crippen LogP contribution in [0.3, 0.4) is 0 Å². The summed E-state index contributed by atoms with van der Waals surface area (Å²) >= 11 is 9.44. The van der Waals surface area contributed by atoms with Gasteiger partial charge in [0.25, 0.3) is 0 Å². The molecule has 0 spiro atoms. The topological polar surface area (TPSA) is 35.0 Å². The number of nitrogens with zero attached hydrogens (tertiary/aromatic N) is 2. The molecule has 0 fully saturated rings. The number of hydrogen-bond acceptors (Lipinski definition) is 3. The smallest absolute Gasteiger partial charge is 0.241 e. The van der Waals surface area contributed by atoms with Gasteiger partial charge in [0.15, 0.2) is 0 Å². The molecule has 1 heterocycles. The molecule has 1 aromatic carbocycles. The number of benzene rings is 1. The van der Waals surface area contributed by atoms with Gasteiger partial charge in [0, 0.05) is 4.47 Å². The van der Waals surface area contributed by atoms with Crippen LogP contribution in [0.2, 0.25) is 5.02 Å². The first-order valence-electron chi connectivity index (χ1n) is 5.50. The maximum atomic E-state index is 5.98. The Kier molecular flexibility index (Phi) is 4.19. The van der Waals surface area contributed by atoms with E-state index in [-0.39, 0.29) is 0 Å². The van der Waals surface area contributed by atoms with Crippen molar-refractivity contribution in [1.82, 2.24) is 9.97 Å². The minimum Gasteiger partial charge on any atom is -0.437 e. The third-order valence-electron chi connectivity index (χ3n) is 2.43. The standard InChI is InChI=1S/C13H12BrClN2O/c1-8(2)10-5-9(14)3-4-12(10)18-13-11(15)6-16-7-17-13/h3-8H,1-2H3. The molecule has 5 heteroatoms. The Morgan fingerprint density at radius 3 is 2.78 bits per heavy atom. The summed E-state index contributed by atoms with van der Waals surface area (Å²) in [5.41, 5.74) is 1.10. The molecule has 2 aromatic rings. The fraction of sp³-hybridized carbons (Fsp3) is 0.231. The van der Waals surface area contributed by atoms with Crippen LogP contribution in [0.1, 0.15) is 25.3 Å². The number of rotatable bonds is 3. The molecule has 0 saturated carbocycles. The monoisotopic (exact) mass is 326 g/mol. The van der Waals surface area contributed by atoms with E-state index in [1.165, 1.54) is 12.5 Å². The van der Waals surface area contributed by atoms with Crippen LogP contribution in [-0.4, -0.2) is 9.97 Å². The van der Waals surface area contributed by atoms with Crippen LogP contribution in [0.25, 0.3) is 0 Å². The van der Waals surface area contributed by atoms with Crippen molar-refractivity contribution in [2.24, 2.45) is 0 Å². The van der Waals surface area contributed by atoms with Gasteiger partial charge in [-0.3, -0.25) is 0 Å². The van der Waals surface area contributed by atoms with Crippen LogP contribution in [0.4, 0.5) is 0 Å². The van der Waals surface area contributed by atoms with Crippen molar-refractivity contribution < 1.29 is 4.74 Å². The molecule has 0 amide bonds. The van der Waals surface area contributed by atoms with Crippen molar-refractivity contribution in [3.05, 3.63) is 45.8 Å². The van der Waals surface area contributed by atoms with Crippen LogP contribution in [0, 0.1) is 0 Å². The van der Waals surface area contributed by atoms with E-state index in [0.717, 1.165) is 15.8 Å². The third-order valence-corrected chi connectivity index (χ3v) is 3.19. The van der Waals surface area contributed by atoms with E-state index in [1.807, 2.05) is 18.2 Å². The van der Waals surface area contributed by atoms with E-state index >= 15 is 0 Å². The van der Waals surface area contributed by atoms with Gasteiger partial charge in [0.05, 0.1) is 6.20 Å². The van der Waals surface area contributed by atoms with Crippen LogP contribution in [0.5, 0.6) is 11.6 Å². The molecule has 0 aliphatic carbocycles. The lowest BCUT2D eigenvalue weighted by Gasteiger charge is -2.14. The van der Waals surface area contributed by atoms with Crippen molar-refractivity contribution in [3.63, 3.8) is 0 Å². The zero-order chi connectivity index (χ0) is 13.1. The lowest BCUT2D eigenvalue weighted by Crippen LogP contribution is -1.96. The molecular weight excluding hydrogens is 316 g/mol. The zero-order valence-corrected chi connectivity index (χ0v) is 12.4. The molecule has 0 radical (unpaired) electrons. The first-order chi connectivity index (χ1) is 8.58.